The molecule has 200 valence electrons. The van der Waals surface area contributed by atoms with Gasteiger partial charge in [-0.05, 0) is 60.4 Å². The van der Waals surface area contributed by atoms with Gasteiger partial charge in [-0.25, -0.2) is 4.98 Å². The van der Waals surface area contributed by atoms with Crippen molar-refractivity contribution in [2.75, 3.05) is 27.9 Å². The third kappa shape index (κ3) is 5.43. The van der Waals surface area contributed by atoms with Crippen LogP contribution in [-0.4, -0.2) is 43.8 Å². The first-order chi connectivity index (χ1) is 18.8. The number of rotatable bonds is 9. The molecule has 4 rings (SSSR count). The summed E-state index contributed by atoms with van der Waals surface area (Å²) in [5.41, 5.74) is 3.61. The number of benzene rings is 3. The van der Waals surface area contributed by atoms with E-state index >= 15 is 0 Å². The third-order valence-corrected chi connectivity index (χ3v) is 6.30. The van der Waals surface area contributed by atoms with Crippen molar-refractivity contribution in [2.45, 2.75) is 26.7 Å². The summed E-state index contributed by atoms with van der Waals surface area (Å²) in [6.07, 6.45) is 6.90. The molecule has 1 heterocycles. The molecule has 0 spiro atoms. The zero-order chi connectivity index (χ0) is 28.1. The summed E-state index contributed by atoms with van der Waals surface area (Å²) in [6, 6.07) is 14.7. The highest BCUT2D eigenvalue weighted by atomic mass is 16.5. The Morgan fingerprint density at radius 2 is 1.69 bits per heavy atom. The molecule has 0 saturated carbocycles. The van der Waals surface area contributed by atoms with Crippen molar-refractivity contribution in [1.82, 2.24) is 9.66 Å². The van der Waals surface area contributed by atoms with Gasteiger partial charge < -0.3 is 18.9 Å². The second kappa shape index (κ2) is 11.7. The van der Waals surface area contributed by atoms with Gasteiger partial charge in [-0.2, -0.15) is 9.78 Å². The molecular formula is C31H31N3O5. The summed E-state index contributed by atoms with van der Waals surface area (Å²) in [7, 11) is 4.69. The number of aryl methyl sites for hydroxylation is 1. The van der Waals surface area contributed by atoms with Crippen LogP contribution in [0.4, 0.5) is 0 Å². The number of ether oxygens (including phenoxy) is 4. The van der Waals surface area contributed by atoms with E-state index in [1.807, 2.05) is 31.2 Å². The number of fused-ring (bicyclic) bond motifs is 1. The minimum atomic E-state index is -0.291. The predicted molar refractivity (Wildman–Crippen MR) is 154 cm³/mol. The summed E-state index contributed by atoms with van der Waals surface area (Å²) in [4.78, 5) is 18.6. The maximum atomic E-state index is 13.7. The van der Waals surface area contributed by atoms with Crippen molar-refractivity contribution in [3.63, 3.8) is 0 Å². The summed E-state index contributed by atoms with van der Waals surface area (Å²) in [5, 5.41) is 5.06. The normalized spacial score (nSPS) is 11.1. The lowest BCUT2D eigenvalue weighted by atomic mass is 9.96. The highest BCUT2D eigenvalue weighted by Crippen LogP contribution is 2.38. The Bertz CT molecular complexity index is 1620. The van der Waals surface area contributed by atoms with Gasteiger partial charge in [0.2, 0.25) is 5.75 Å². The lowest BCUT2D eigenvalue weighted by Crippen LogP contribution is -2.20. The second-order valence-electron chi connectivity index (χ2n) is 9.13. The van der Waals surface area contributed by atoms with E-state index < -0.39 is 0 Å². The molecule has 0 aliphatic heterocycles. The van der Waals surface area contributed by atoms with Gasteiger partial charge >= 0.3 is 0 Å². The van der Waals surface area contributed by atoms with Crippen molar-refractivity contribution in [2.24, 2.45) is 5.10 Å². The Morgan fingerprint density at radius 1 is 1.03 bits per heavy atom. The number of aromatic nitrogens is 2. The molecule has 8 heteroatoms. The van der Waals surface area contributed by atoms with Gasteiger partial charge in [0.15, 0.2) is 17.3 Å². The molecular weight excluding hydrogens is 494 g/mol. The van der Waals surface area contributed by atoms with Crippen LogP contribution in [0, 0.1) is 19.3 Å². The molecule has 0 unspecified atom stereocenters. The van der Waals surface area contributed by atoms with Crippen LogP contribution in [-0.2, 0) is 0 Å². The fourth-order valence-corrected chi connectivity index (χ4v) is 4.33. The smallest absolute Gasteiger partial charge is 0.282 e. The first-order valence-corrected chi connectivity index (χ1v) is 12.4. The molecule has 8 nitrogen and oxygen atoms in total. The highest BCUT2D eigenvalue weighted by molar-refractivity contribution is 5.84. The number of methoxy groups -OCH3 is 3. The van der Waals surface area contributed by atoms with Crippen LogP contribution in [0.25, 0.3) is 22.3 Å². The Labute approximate surface area is 227 Å². The van der Waals surface area contributed by atoms with E-state index in [9.17, 15) is 4.79 Å². The highest BCUT2D eigenvalue weighted by Gasteiger charge is 2.19. The monoisotopic (exact) mass is 525 g/mol. The van der Waals surface area contributed by atoms with Crippen molar-refractivity contribution in [3.05, 3.63) is 75.6 Å². The van der Waals surface area contributed by atoms with E-state index in [4.69, 9.17) is 30.4 Å². The first-order valence-electron chi connectivity index (χ1n) is 12.4. The number of nitrogens with zero attached hydrogens (tertiary/aromatic N) is 3. The molecule has 0 radical (unpaired) electrons. The van der Waals surface area contributed by atoms with Crippen LogP contribution in [0.5, 0.6) is 23.0 Å². The van der Waals surface area contributed by atoms with Crippen LogP contribution in [0.2, 0.25) is 0 Å². The number of para-hydroxylation sites is 1. The molecule has 39 heavy (non-hydrogen) atoms. The molecule has 0 bridgehead atoms. The summed E-state index contributed by atoms with van der Waals surface area (Å²) < 4.78 is 23.6. The molecule has 0 N–H and O–H groups in total. The van der Waals surface area contributed by atoms with E-state index in [0.29, 0.717) is 39.5 Å². The minimum absolute atomic E-state index is 0.0568. The van der Waals surface area contributed by atoms with E-state index in [1.54, 1.807) is 37.6 Å². The summed E-state index contributed by atoms with van der Waals surface area (Å²) in [5.74, 6) is 5.06. The van der Waals surface area contributed by atoms with E-state index in [-0.39, 0.29) is 18.1 Å². The molecule has 1 aromatic heterocycles. The molecule has 0 aliphatic carbocycles. The lowest BCUT2D eigenvalue weighted by Gasteiger charge is -2.17. The van der Waals surface area contributed by atoms with E-state index in [1.165, 1.54) is 18.9 Å². The molecule has 0 aliphatic rings. The van der Waals surface area contributed by atoms with Crippen molar-refractivity contribution in [3.8, 4) is 46.7 Å². The van der Waals surface area contributed by atoms with Crippen LogP contribution in [0.15, 0.2) is 58.4 Å². The minimum Gasteiger partial charge on any atom is -0.496 e. The standard InChI is InChI=1S/C31H31N3O5/c1-8-13-39-29-27(37-6)15-21(16-28(29)38-7)18-32-34-30(33-25-12-10-9-11-22(25)31(34)35)24-17-23(19(2)3)26(36-5)14-20(24)4/h1,9-12,14-19H,13H2,2-7H3. The SMILES string of the molecule is C#CCOc1c(OC)cc(C=Nn2c(-c3cc(C(C)C)c(OC)cc3C)nc3ccccc3c2=O)cc1OC. The zero-order valence-electron chi connectivity index (χ0n) is 22.9. The second-order valence-corrected chi connectivity index (χ2v) is 9.13. The molecule has 0 atom stereocenters. The first kappa shape index (κ1) is 27.3. The summed E-state index contributed by atoms with van der Waals surface area (Å²) >= 11 is 0. The van der Waals surface area contributed by atoms with Crippen LogP contribution >= 0.6 is 0 Å². The number of hydrogen-bond acceptors (Lipinski definition) is 7. The Balaban J connectivity index is 1.94. The Hall–Kier alpha value is -4.77. The number of hydrogen-bond donors (Lipinski definition) is 0. The average molecular weight is 526 g/mol. The summed E-state index contributed by atoms with van der Waals surface area (Å²) in [6.45, 7) is 6.20. The van der Waals surface area contributed by atoms with Gasteiger partial charge in [0, 0.05) is 11.1 Å². The number of terminal acetylenes is 1. The van der Waals surface area contributed by atoms with Crippen LogP contribution < -0.4 is 24.5 Å². The largest absolute Gasteiger partial charge is 0.496 e. The zero-order valence-corrected chi connectivity index (χ0v) is 22.9. The maximum Gasteiger partial charge on any atom is 0.282 e. The Kier molecular flexibility index (Phi) is 8.21. The van der Waals surface area contributed by atoms with Gasteiger partial charge in [0.1, 0.15) is 12.4 Å². The van der Waals surface area contributed by atoms with Gasteiger partial charge in [0.05, 0.1) is 38.4 Å². The van der Waals surface area contributed by atoms with Gasteiger partial charge in [-0.3, -0.25) is 4.79 Å². The topological polar surface area (TPSA) is 84.2 Å². The Morgan fingerprint density at radius 3 is 2.31 bits per heavy atom. The van der Waals surface area contributed by atoms with Crippen LogP contribution in [0.3, 0.4) is 0 Å². The lowest BCUT2D eigenvalue weighted by molar-refractivity contribution is 0.304. The molecule has 0 amide bonds. The third-order valence-electron chi connectivity index (χ3n) is 6.30. The average Bonchev–Trinajstić information content (AvgIpc) is 2.94. The van der Waals surface area contributed by atoms with Crippen molar-refractivity contribution in [1.29, 1.82) is 0 Å². The molecule has 0 saturated heterocycles. The van der Waals surface area contributed by atoms with Gasteiger partial charge in [-0.1, -0.05) is 31.9 Å². The van der Waals surface area contributed by atoms with Crippen LogP contribution in [0.1, 0.15) is 36.5 Å². The van der Waals surface area contributed by atoms with E-state index in [0.717, 1.165) is 22.4 Å². The molecule has 0 fully saturated rings. The molecule has 3 aromatic carbocycles. The maximum absolute atomic E-state index is 13.7. The quantitative estimate of drug-likeness (QED) is 0.214. The van der Waals surface area contributed by atoms with Crippen molar-refractivity contribution < 1.29 is 18.9 Å². The fraction of sp³-hybridized carbons (Fsp3) is 0.258. The predicted octanol–water partition coefficient (Wildman–Crippen LogP) is 5.42. The molecule has 4 aromatic rings. The van der Waals surface area contributed by atoms with Gasteiger partial charge in [0.25, 0.3) is 5.56 Å². The van der Waals surface area contributed by atoms with Gasteiger partial charge in [-0.15, -0.1) is 6.42 Å². The van der Waals surface area contributed by atoms with E-state index in [2.05, 4.69) is 24.9 Å². The fourth-order valence-electron chi connectivity index (χ4n) is 4.33. The van der Waals surface area contributed by atoms with Crippen molar-refractivity contribution >= 4 is 17.1 Å².